The Labute approximate surface area is 178 Å². The molecule has 1 aromatic heterocycles. The lowest BCUT2D eigenvalue weighted by molar-refractivity contribution is -0.274. The lowest BCUT2D eigenvalue weighted by Crippen LogP contribution is -2.24. The number of ether oxygens (including phenoxy) is 2. The molecule has 0 spiro atoms. The van der Waals surface area contributed by atoms with Gasteiger partial charge in [0, 0.05) is 17.5 Å². The summed E-state index contributed by atoms with van der Waals surface area (Å²) in [7, 11) is 0. The highest BCUT2D eigenvalue weighted by molar-refractivity contribution is 6.09. The molecule has 3 aromatic rings. The molecule has 0 aliphatic carbocycles. The largest absolute Gasteiger partial charge is 0.573 e. The van der Waals surface area contributed by atoms with Gasteiger partial charge in [-0.3, -0.25) is 9.59 Å². The molecular formula is C22H15F3O7. The van der Waals surface area contributed by atoms with Crippen LogP contribution in [0.4, 0.5) is 13.2 Å². The van der Waals surface area contributed by atoms with Gasteiger partial charge in [-0.15, -0.1) is 13.2 Å². The maximum atomic E-state index is 12.5. The summed E-state index contributed by atoms with van der Waals surface area (Å²) in [5.74, 6) is -3.33. The maximum Gasteiger partial charge on any atom is 0.573 e. The summed E-state index contributed by atoms with van der Waals surface area (Å²) in [5, 5.41) is 10.8. The van der Waals surface area contributed by atoms with E-state index in [1.807, 2.05) is 0 Å². The Bertz CT molecular complexity index is 1320. The highest BCUT2D eigenvalue weighted by Crippen LogP contribution is 2.49. The van der Waals surface area contributed by atoms with E-state index in [-0.39, 0.29) is 34.3 Å². The van der Waals surface area contributed by atoms with E-state index < -0.39 is 41.2 Å². The fourth-order valence-corrected chi connectivity index (χ4v) is 3.92. The Morgan fingerprint density at radius 2 is 1.84 bits per heavy atom. The van der Waals surface area contributed by atoms with Gasteiger partial charge < -0.3 is 19.0 Å². The molecule has 0 saturated heterocycles. The summed E-state index contributed by atoms with van der Waals surface area (Å²) < 4.78 is 51.9. The van der Waals surface area contributed by atoms with Crippen LogP contribution < -0.4 is 15.1 Å². The summed E-state index contributed by atoms with van der Waals surface area (Å²) in [6.45, 7) is 2.72. The molecule has 1 aliphatic heterocycles. The highest BCUT2D eigenvalue weighted by Gasteiger charge is 2.37. The Morgan fingerprint density at radius 3 is 2.44 bits per heavy atom. The fraction of sp³-hybridized carbons (Fsp3) is 0.227. The average molecular weight is 448 g/mol. The number of phenols is 1. The predicted molar refractivity (Wildman–Crippen MR) is 104 cm³/mol. The van der Waals surface area contributed by atoms with Gasteiger partial charge in [0.05, 0.1) is 11.8 Å². The van der Waals surface area contributed by atoms with Gasteiger partial charge in [0.2, 0.25) is 0 Å². The van der Waals surface area contributed by atoms with Crippen molar-refractivity contribution in [3.05, 3.63) is 63.0 Å². The predicted octanol–water partition coefficient (Wildman–Crippen LogP) is 4.35. The SMILES string of the molecule is CC(=O)c1c2c(c3oc(=O)cc(C)c3c1O)[C@@H](c1ccc(OC(F)(F)F)cc1)CC(=O)O2. The molecule has 0 saturated carbocycles. The van der Waals surface area contributed by atoms with Crippen molar-refractivity contribution < 1.29 is 41.8 Å². The molecule has 1 atom stereocenters. The van der Waals surface area contributed by atoms with Gasteiger partial charge in [-0.2, -0.15) is 0 Å². The normalized spacial score (nSPS) is 15.9. The number of hydrogen-bond donors (Lipinski definition) is 1. The van der Waals surface area contributed by atoms with Crippen LogP contribution in [0.3, 0.4) is 0 Å². The summed E-state index contributed by atoms with van der Waals surface area (Å²) in [4.78, 5) is 36.7. The van der Waals surface area contributed by atoms with Gasteiger partial charge in [0.15, 0.2) is 11.5 Å². The van der Waals surface area contributed by atoms with Crippen LogP contribution in [0.5, 0.6) is 17.2 Å². The van der Waals surface area contributed by atoms with Gasteiger partial charge in [-0.05, 0) is 37.1 Å². The maximum absolute atomic E-state index is 12.5. The molecule has 1 N–H and O–H groups in total. The van der Waals surface area contributed by atoms with E-state index >= 15 is 0 Å². The standard InChI is InChI=1S/C22H15F3O7/c1-9-7-14(27)30-20-16(9)19(29)17(10(2)26)21-18(20)13(8-15(28)31-21)11-3-5-12(6-4-11)32-22(23,24)25/h3-7,13,29H,8H2,1-2H3/t13-/m1/s1. The lowest BCUT2D eigenvalue weighted by atomic mass is 9.83. The Kier molecular flexibility index (Phi) is 4.95. The minimum absolute atomic E-state index is 0.0689. The van der Waals surface area contributed by atoms with E-state index in [1.165, 1.54) is 19.1 Å². The number of carbonyl (C=O) groups is 2. The van der Waals surface area contributed by atoms with Crippen molar-refractivity contribution in [3.8, 4) is 17.2 Å². The van der Waals surface area contributed by atoms with Crippen molar-refractivity contribution in [2.45, 2.75) is 32.5 Å². The third kappa shape index (κ3) is 3.68. The second-order valence-corrected chi connectivity index (χ2v) is 7.32. The first-order valence-corrected chi connectivity index (χ1v) is 9.37. The first-order valence-electron chi connectivity index (χ1n) is 9.37. The van der Waals surface area contributed by atoms with Crippen LogP contribution in [0.2, 0.25) is 0 Å². The summed E-state index contributed by atoms with van der Waals surface area (Å²) in [6.07, 6.45) is -5.10. The van der Waals surface area contributed by atoms with Crippen LogP contribution >= 0.6 is 0 Å². The zero-order chi connectivity index (χ0) is 23.4. The molecule has 7 nitrogen and oxygen atoms in total. The van der Waals surface area contributed by atoms with Gasteiger partial charge in [-0.25, -0.2) is 4.79 Å². The molecule has 166 valence electrons. The Balaban J connectivity index is 1.99. The molecule has 2 heterocycles. The molecule has 2 aromatic carbocycles. The molecule has 0 amide bonds. The van der Waals surface area contributed by atoms with Gasteiger partial charge in [-0.1, -0.05) is 12.1 Å². The molecular weight excluding hydrogens is 433 g/mol. The Morgan fingerprint density at radius 1 is 1.19 bits per heavy atom. The monoisotopic (exact) mass is 448 g/mol. The van der Waals surface area contributed by atoms with E-state index in [9.17, 15) is 32.7 Å². The van der Waals surface area contributed by atoms with Crippen molar-refractivity contribution in [1.29, 1.82) is 0 Å². The molecule has 0 radical (unpaired) electrons. The third-order valence-corrected chi connectivity index (χ3v) is 5.15. The van der Waals surface area contributed by atoms with Crippen molar-refractivity contribution in [2.75, 3.05) is 0 Å². The molecule has 10 heteroatoms. The van der Waals surface area contributed by atoms with Crippen LogP contribution in [0.15, 0.2) is 39.5 Å². The number of hydrogen-bond acceptors (Lipinski definition) is 7. The number of halogens is 3. The zero-order valence-corrected chi connectivity index (χ0v) is 16.7. The van der Waals surface area contributed by atoms with Crippen LogP contribution in [-0.2, 0) is 4.79 Å². The molecule has 0 unspecified atom stereocenters. The molecule has 0 bridgehead atoms. The van der Waals surface area contributed by atoms with Crippen molar-refractivity contribution >= 4 is 22.7 Å². The van der Waals surface area contributed by atoms with Crippen molar-refractivity contribution in [3.63, 3.8) is 0 Å². The number of benzene rings is 2. The first-order chi connectivity index (χ1) is 15.0. The van der Waals surface area contributed by atoms with E-state index in [0.717, 1.165) is 18.2 Å². The number of phenolic OH excluding ortho intramolecular Hbond substituents is 1. The van der Waals surface area contributed by atoms with E-state index in [4.69, 9.17) is 9.15 Å². The molecule has 4 rings (SSSR count). The number of rotatable bonds is 3. The minimum atomic E-state index is -4.87. The number of carbonyl (C=O) groups excluding carboxylic acids is 2. The average Bonchev–Trinajstić information content (AvgIpc) is 2.65. The highest BCUT2D eigenvalue weighted by atomic mass is 19.4. The summed E-state index contributed by atoms with van der Waals surface area (Å²) in [6, 6.07) is 5.96. The van der Waals surface area contributed by atoms with E-state index in [2.05, 4.69) is 4.74 Å². The van der Waals surface area contributed by atoms with Gasteiger partial charge in [0.1, 0.15) is 22.6 Å². The lowest BCUT2D eigenvalue weighted by Gasteiger charge is -2.28. The number of esters is 1. The summed E-state index contributed by atoms with van der Waals surface area (Å²) >= 11 is 0. The van der Waals surface area contributed by atoms with Crippen LogP contribution in [0, 0.1) is 6.92 Å². The molecule has 1 aliphatic rings. The van der Waals surface area contributed by atoms with Crippen molar-refractivity contribution in [1.82, 2.24) is 0 Å². The van der Waals surface area contributed by atoms with Gasteiger partial charge in [0.25, 0.3) is 0 Å². The molecule has 32 heavy (non-hydrogen) atoms. The van der Waals surface area contributed by atoms with Crippen molar-refractivity contribution in [2.24, 2.45) is 0 Å². The van der Waals surface area contributed by atoms with Crippen LogP contribution in [-0.4, -0.2) is 23.2 Å². The third-order valence-electron chi connectivity index (χ3n) is 5.15. The number of alkyl halides is 3. The number of fused-ring (bicyclic) bond motifs is 3. The first kappa shape index (κ1) is 21.4. The number of aryl methyl sites for hydroxylation is 1. The summed E-state index contributed by atoms with van der Waals surface area (Å²) in [5.41, 5.74) is -0.142. The van der Waals surface area contributed by atoms with E-state index in [1.54, 1.807) is 6.92 Å². The van der Waals surface area contributed by atoms with E-state index in [0.29, 0.717) is 11.1 Å². The fourth-order valence-electron chi connectivity index (χ4n) is 3.92. The second kappa shape index (κ2) is 7.40. The molecule has 0 fully saturated rings. The topological polar surface area (TPSA) is 103 Å². The van der Waals surface area contributed by atoms with Crippen LogP contribution in [0.25, 0.3) is 11.0 Å². The number of ketones is 1. The minimum Gasteiger partial charge on any atom is -0.506 e. The number of aromatic hydroxyl groups is 1. The smallest absolute Gasteiger partial charge is 0.506 e. The zero-order valence-electron chi connectivity index (χ0n) is 16.7. The van der Waals surface area contributed by atoms with Gasteiger partial charge >= 0.3 is 18.0 Å². The Hall–Kier alpha value is -3.82. The second-order valence-electron chi connectivity index (χ2n) is 7.32. The quantitative estimate of drug-likeness (QED) is 0.275. The number of Topliss-reactive ketones (excluding diaryl/α,β-unsaturated/α-hetero) is 1. The van der Waals surface area contributed by atoms with Crippen LogP contribution in [0.1, 0.15) is 46.3 Å².